The van der Waals surface area contributed by atoms with Crippen LogP contribution >= 0.6 is 11.8 Å². The SMILES string of the molecule is Cc1cc(C)cc(C(=O)N(C)[C@@H](CSc2ccc(-c3ccccc3)cc2)C(=O)N[C@@H](Cc2c[nH]c3ccccc23)C(=O)O)c1. The van der Waals surface area contributed by atoms with Crippen LogP contribution in [0.5, 0.6) is 0 Å². The molecule has 5 rings (SSSR count). The van der Waals surface area contributed by atoms with Gasteiger partial charge in [-0.2, -0.15) is 0 Å². The van der Waals surface area contributed by atoms with Crippen LogP contribution in [0.25, 0.3) is 22.0 Å². The number of aromatic nitrogens is 1. The van der Waals surface area contributed by atoms with Gasteiger partial charge >= 0.3 is 5.97 Å². The molecule has 44 heavy (non-hydrogen) atoms. The number of fused-ring (bicyclic) bond motifs is 1. The van der Waals surface area contributed by atoms with Crippen molar-refractivity contribution in [1.29, 1.82) is 0 Å². The summed E-state index contributed by atoms with van der Waals surface area (Å²) in [6, 6.07) is 29.2. The maximum Gasteiger partial charge on any atom is 0.326 e. The molecule has 0 aliphatic rings. The number of hydrogen-bond donors (Lipinski definition) is 3. The smallest absolute Gasteiger partial charge is 0.326 e. The van der Waals surface area contributed by atoms with Gasteiger partial charge in [-0.3, -0.25) is 9.59 Å². The van der Waals surface area contributed by atoms with Gasteiger partial charge in [-0.25, -0.2) is 4.79 Å². The van der Waals surface area contributed by atoms with Crippen LogP contribution in [0.15, 0.2) is 108 Å². The molecule has 0 aliphatic carbocycles. The first-order chi connectivity index (χ1) is 21.2. The fourth-order valence-corrected chi connectivity index (χ4v) is 6.40. The molecule has 2 atom stereocenters. The molecule has 0 saturated heterocycles. The standard InChI is InChI=1S/C36H35N3O4S/c1-23-17-24(2)19-27(18-23)35(41)39(3)33(22-44-29-15-13-26(14-16-29)25-9-5-4-6-10-25)34(40)38-32(36(42)43)20-28-21-37-31-12-8-7-11-30(28)31/h4-19,21,32-33,37H,20,22H2,1-3H3,(H,38,40)(H,42,43)/t32-,33-/m0/s1. The third-order valence-corrected chi connectivity index (χ3v) is 8.73. The molecule has 0 fully saturated rings. The Bertz CT molecular complexity index is 1760. The van der Waals surface area contributed by atoms with Crippen LogP contribution in [0.1, 0.15) is 27.0 Å². The number of H-pyrrole nitrogens is 1. The van der Waals surface area contributed by atoms with Crippen LogP contribution in [-0.4, -0.2) is 57.7 Å². The van der Waals surface area contributed by atoms with Crippen LogP contribution < -0.4 is 5.32 Å². The summed E-state index contributed by atoms with van der Waals surface area (Å²) in [6.07, 6.45) is 1.87. The first-order valence-corrected chi connectivity index (χ1v) is 15.4. The van der Waals surface area contributed by atoms with Gasteiger partial charge < -0.3 is 20.3 Å². The maximum atomic E-state index is 13.8. The molecule has 3 N–H and O–H groups in total. The Hall–Kier alpha value is -4.82. The van der Waals surface area contributed by atoms with Gasteiger partial charge in [0.25, 0.3) is 5.91 Å². The van der Waals surface area contributed by atoms with Crippen molar-refractivity contribution in [3.05, 3.63) is 126 Å². The minimum absolute atomic E-state index is 0.0979. The summed E-state index contributed by atoms with van der Waals surface area (Å²) in [7, 11) is 1.60. The summed E-state index contributed by atoms with van der Waals surface area (Å²) >= 11 is 1.44. The van der Waals surface area contributed by atoms with Gasteiger partial charge in [-0.05, 0) is 60.9 Å². The fourth-order valence-electron chi connectivity index (χ4n) is 5.34. The molecule has 5 aromatic rings. The predicted molar refractivity (Wildman–Crippen MR) is 176 cm³/mol. The molecule has 8 heteroatoms. The molecule has 7 nitrogen and oxygen atoms in total. The molecule has 0 radical (unpaired) electrons. The van der Waals surface area contributed by atoms with Crippen LogP contribution in [0, 0.1) is 13.8 Å². The van der Waals surface area contributed by atoms with E-state index in [0.29, 0.717) is 5.56 Å². The van der Waals surface area contributed by atoms with Crippen molar-refractivity contribution in [2.24, 2.45) is 0 Å². The maximum absolute atomic E-state index is 13.8. The van der Waals surface area contributed by atoms with Crippen LogP contribution in [0.3, 0.4) is 0 Å². The molecule has 0 bridgehead atoms. The van der Waals surface area contributed by atoms with Gasteiger partial charge in [-0.15, -0.1) is 11.8 Å². The van der Waals surface area contributed by atoms with Crippen molar-refractivity contribution in [1.82, 2.24) is 15.2 Å². The molecule has 4 aromatic carbocycles. The van der Waals surface area contributed by atoms with E-state index in [0.717, 1.165) is 43.6 Å². The Morgan fingerprint density at radius 2 is 1.50 bits per heavy atom. The molecule has 0 unspecified atom stereocenters. The van der Waals surface area contributed by atoms with Crippen molar-refractivity contribution < 1.29 is 19.5 Å². The first kappa shape index (κ1) is 30.6. The monoisotopic (exact) mass is 605 g/mol. The number of amides is 2. The Labute approximate surface area is 261 Å². The Morgan fingerprint density at radius 3 is 2.18 bits per heavy atom. The van der Waals surface area contributed by atoms with E-state index in [2.05, 4.69) is 10.3 Å². The van der Waals surface area contributed by atoms with Gasteiger partial charge in [0, 0.05) is 46.8 Å². The third-order valence-electron chi connectivity index (χ3n) is 7.64. The highest BCUT2D eigenvalue weighted by Crippen LogP contribution is 2.26. The molecular weight excluding hydrogens is 570 g/mol. The van der Waals surface area contributed by atoms with E-state index in [1.54, 1.807) is 25.4 Å². The highest BCUT2D eigenvalue weighted by atomic mass is 32.2. The van der Waals surface area contributed by atoms with Gasteiger partial charge in [0.05, 0.1) is 0 Å². The third kappa shape index (κ3) is 7.21. The van der Waals surface area contributed by atoms with Crippen molar-refractivity contribution in [3.8, 4) is 11.1 Å². The van der Waals surface area contributed by atoms with Crippen molar-refractivity contribution in [2.45, 2.75) is 37.2 Å². The molecule has 0 aliphatic heterocycles. The molecular formula is C36H35N3O4S. The fraction of sp³-hybridized carbons (Fsp3) is 0.194. The lowest BCUT2D eigenvalue weighted by Gasteiger charge is -2.29. The zero-order valence-corrected chi connectivity index (χ0v) is 25.7. The predicted octanol–water partition coefficient (Wildman–Crippen LogP) is 6.50. The number of carbonyl (C=O) groups is 3. The quantitative estimate of drug-likeness (QED) is 0.149. The highest BCUT2D eigenvalue weighted by molar-refractivity contribution is 7.99. The van der Waals surface area contributed by atoms with E-state index >= 15 is 0 Å². The zero-order valence-electron chi connectivity index (χ0n) is 24.9. The normalized spacial score (nSPS) is 12.4. The Kier molecular flexibility index (Phi) is 9.50. The second-order valence-corrected chi connectivity index (χ2v) is 12.1. The average molecular weight is 606 g/mol. The number of aliphatic carboxylic acids is 1. The molecule has 0 saturated carbocycles. The highest BCUT2D eigenvalue weighted by Gasteiger charge is 2.31. The number of aryl methyl sites for hydroxylation is 2. The molecule has 1 heterocycles. The summed E-state index contributed by atoms with van der Waals surface area (Å²) in [6.45, 7) is 3.84. The van der Waals surface area contributed by atoms with Gasteiger partial charge in [0.1, 0.15) is 12.1 Å². The van der Waals surface area contributed by atoms with E-state index < -0.39 is 24.0 Å². The number of carbonyl (C=O) groups excluding carboxylic acids is 2. The summed E-state index contributed by atoms with van der Waals surface area (Å²) in [5.74, 6) is -1.73. The van der Waals surface area contributed by atoms with E-state index in [-0.39, 0.29) is 18.1 Å². The van der Waals surface area contributed by atoms with E-state index in [1.807, 2.05) is 98.8 Å². The number of benzene rings is 4. The summed E-state index contributed by atoms with van der Waals surface area (Å²) < 4.78 is 0. The number of hydrogen-bond acceptors (Lipinski definition) is 4. The Morgan fingerprint density at radius 1 is 0.864 bits per heavy atom. The van der Waals surface area contributed by atoms with Gasteiger partial charge in [-0.1, -0.05) is 77.9 Å². The number of carboxylic acid groups (broad SMARTS) is 1. The minimum Gasteiger partial charge on any atom is -0.480 e. The van der Waals surface area contributed by atoms with E-state index in [1.165, 1.54) is 16.7 Å². The Balaban J connectivity index is 1.37. The molecule has 1 aromatic heterocycles. The van der Waals surface area contributed by atoms with E-state index in [4.69, 9.17) is 0 Å². The van der Waals surface area contributed by atoms with Gasteiger partial charge in [0.2, 0.25) is 5.91 Å². The molecule has 0 spiro atoms. The molecule has 2 amide bonds. The number of rotatable bonds is 11. The second kappa shape index (κ2) is 13.7. The van der Waals surface area contributed by atoms with Crippen molar-refractivity contribution in [3.63, 3.8) is 0 Å². The lowest BCUT2D eigenvalue weighted by atomic mass is 10.0. The first-order valence-electron chi connectivity index (χ1n) is 14.4. The zero-order chi connectivity index (χ0) is 31.2. The number of nitrogens with zero attached hydrogens (tertiary/aromatic N) is 1. The average Bonchev–Trinajstić information content (AvgIpc) is 3.43. The van der Waals surface area contributed by atoms with Crippen LogP contribution in [0.4, 0.5) is 0 Å². The lowest BCUT2D eigenvalue weighted by Crippen LogP contribution is -2.53. The minimum atomic E-state index is -1.18. The largest absolute Gasteiger partial charge is 0.480 e. The lowest BCUT2D eigenvalue weighted by molar-refractivity contribution is -0.142. The molecule has 224 valence electrons. The van der Waals surface area contributed by atoms with Crippen molar-refractivity contribution in [2.75, 3.05) is 12.8 Å². The van der Waals surface area contributed by atoms with Crippen LogP contribution in [-0.2, 0) is 16.0 Å². The van der Waals surface area contributed by atoms with E-state index in [9.17, 15) is 19.5 Å². The number of carboxylic acids is 1. The number of nitrogens with one attached hydrogen (secondary N) is 2. The van der Waals surface area contributed by atoms with Crippen molar-refractivity contribution >= 4 is 40.4 Å². The summed E-state index contributed by atoms with van der Waals surface area (Å²) in [5, 5.41) is 13.7. The second-order valence-electron chi connectivity index (χ2n) is 11.0. The van der Waals surface area contributed by atoms with Crippen LogP contribution in [0.2, 0.25) is 0 Å². The number of aromatic amines is 1. The number of thioether (sulfide) groups is 1. The number of para-hydroxylation sites is 1. The number of likely N-dealkylation sites (N-methyl/N-ethyl adjacent to an activating group) is 1. The van der Waals surface area contributed by atoms with Gasteiger partial charge in [0.15, 0.2) is 0 Å². The summed E-state index contributed by atoms with van der Waals surface area (Å²) in [5.41, 5.74) is 6.24. The summed E-state index contributed by atoms with van der Waals surface area (Å²) in [4.78, 5) is 45.3. The topological polar surface area (TPSA) is 103 Å².